The van der Waals surface area contributed by atoms with Crippen molar-refractivity contribution in [2.24, 2.45) is 5.73 Å². The minimum Gasteiger partial charge on any atom is -0.391 e. The number of nitrogens with one attached hydrogen (secondary N) is 1. The molecule has 1 amide bonds. The van der Waals surface area contributed by atoms with Gasteiger partial charge in [0.2, 0.25) is 0 Å². The maximum atomic E-state index is 13.8. The highest BCUT2D eigenvalue weighted by Crippen LogP contribution is 2.21. The van der Waals surface area contributed by atoms with Crippen LogP contribution in [0.3, 0.4) is 0 Å². The maximum absolute atomic E-state index is 13.8. The van der Waals surface area contributed by atoms with E-state index in [9.17, 15) is 23.1 Å². The summed E-state index contributed by atoms with van der Waals surface area (Å²) in [5.41, 5.74) is 6.14. The van der Waals surface area contributed by atoms with E-state index in [-0.39, 0.29) is 24.3 Å². The fraction of sp³-hybridized carbons (Fsp3) is 0.381. The van der Waals surface area contributed by atoms with E-state index in [0.717, 1.165) is 6.07 Å². The van der Waals surface area contributed by atoms with Crippen LogP contribution in [-0.2, 0) is 12.8 Å². The first-order chi connectivity index (χ1) is 13.4. The third-order valence-electron chi connectivity index (χ3n) is 4.27. The number of hydrogen-bond donors (Lipinski definition) is 3. The first-order valence-electron chi connectivity index (χ1n) is 9.05. The zero-order valence-corrected chi connectivity index (χ0v) is 17.2. The average Bonchev–Trinajstić information content (AvgIpc) is 2.58. The standard InChI is InChI=1S/C21H24ClF3N2O2/c1-21(2,3)27-20(29)14-5-4-13(22)6-11(14)9-19(28)18(26)8-12-7-16(24)17(25)10-15(12)23/h4-7,10,18-19,28H,8-9,26H2,1-3H3,(H,27,29)/t18-,19+/m1/s1. The van der Waals surface area contributed by atoms with Gasteiger partial charge in [-0.15, -0.1) is 0 Å². The van der Waals surface area contributed by atoms with Crippen LogP contribution in [0.15, 0.2) is 30.3 Å². The van der Waals surface area contributed by atoms with Gasteiger partial charge in [-0.05, 0) is 62.6 Å². The quantitative estimate of drug-likeness (QED) is 0.613. The molecule has 0 heterocycles. The van der Waals surface area contributed by atoms with E-state index >= 15 is 0 Å². The number of hydrogen-bond acceptors (Lipinski definition) is 3. The smallest absolute Gasteiger partial charge is 0.251 e. The van der Waals surface area contributed by atoms with Gasteiger partial charge >= 0.3 is 0 Å². The van der Waals surface area contributed by atoms with Crippen LogP contribution in [0.5, 0.6) is 0 Å². The molecule has 0 saturated heterocycles. The van der Waals surface area contributed by atoms with Gasteiger partial charge in [0.05, 0.1) is 6.10 Å². The molecule has 4 N–H and O–H groups in total. The van der Waals surface area contributed by atoms with Crippen molar-refractivity contribution in [1.29, 1.82) is 0 Å². The summed E-state index contributed by atoms with van der Waals surface area (Å²) >= 11 is 6.03. The van der Waals surface area contributed by atoms with Crippen LogP contribution in [0, 0.1) is 17.5 Å². The molecule has 2 aromatic rings. The van der Waals surface area contributed by atoms with Crippen molar-refractivity contribution in [1.82, 2.24) is 5.32 Å². The lowest BCUT2D eigenvalue weighted by molar-refractivity contribution is 0.0917. The lowest BCUT2D eigenvalue weighted by Gasteiger charge is -2.23. The van der Waals surface area contributed by atoms with Gasteiger partial charge in [0.1, 0.15) is 5.82 Å². The Balaban J connectivity index is 2.19. The highest BCUT2D eigenvalue weighted by molar-refractivity contribution is 6.30. The molecule has 4 nitrogen and oxygen atoms in total. The van der Waals surface area contributed by atoms with E-state index in [4.69, 9.17) is 17.3 Å². The predicted octanol–water partition coefficient (Wildman–Crippen LogP) is 3.76. The van der Waals surface area contributed by atoms with Gasteiger partial charge in [0.15, 0.2) is 11.6 Å². The summed E-state index contributed by atoms with van der Waals surface area (Å²) in [4.78, 5) is 12.6. The number of carbonyl (C=O) groups is 1. The van der Waals surface area contributed by atoms with Gasteiger partial charge in [0.25, 0.3) is 5.91 Å². The number of benzene rings is 2. The van der Waals surface area contributed by atoms with Crippen molar-refractivity contribution in [2.75, 3.05) is 0 Å². The molecular weight excluding hydrogens is 405 g/mol. The monoisotopic (exact) mass is 428 g/mol. The van der Waals surface area contributed by atoms with Gasteiger partial charge in [0, 0.05) is 34.7 Å². The van der Waals surface area contributed by atoms with Crippen LogP contribution in [0.4, 0.5) is 13.2 Å². The number of amides is 1. The molecular formula is C21H24ClF3N2O2. The number of rotatable bonds is 6. The second kappa shape index (κ2) is 9.15. The molecule has 0 aliphatic carbocycles. The number of halogens is 4. The van der Waals surface area contributed by atoms with E-state index in [2.05, 4.69) is 5.32 Å². The summed E-state index contributed by atoms with van der Waals surface area (Å²) in [6.07, 6.45) is -1.42. The summed E-state index contributed by atoms with van der Waals surface area (Å²) in [5, 5.41) is 13.7. The fourth-order valence-corrected chi connectivity index (χ4v) is 3.04. The second-order valence-electron chi connectivity index (χ2n) is 8.00. The molecule has 0 radical (unpaired) electrons. The molecule has 0 saturated carbocycles. The summed E-state index contributed by atoms with van der Waals surface area (Å²) in [5.74, 6) is -3.77. The van der Waals surface area contributed by atoms with Crippen molar-refractivity contribution in [3.05, 3.63) is 69.5 Å². The van der Waals surface area contributed by atoms with Gasteiger partial charge in [-0.3, -0.25) is 4.79 Å². The zero-order chi connectivity index (χ0) is 21.9. The molecule has 8 heteroatoms. The summed E-state index contributed by atoms with van der Waals surface area (Å²) in [6.45, 7) is 5.50. The summed E-state index contributed by atoms with van der Waals surface area (Å²) in [6, 6.07) is 4.84. The topological polar surface area (TPSA) is 75.3 Å². The zero-order valence-electron chi connectivity index (χ0n) is 16.4. The Hall–Kier alpha value is -2.09. The third-order valence-corrected chi connectivity index (χ3v) is 4.50. The lowest BCUT2D eigenvalue weighted by atomic mass is 9.94. The van der Waals surface area contributed by atoms with Gasteiger partial charge in [-0.2, -0.15) is 0 Å². The van der Waals surface area contributed by atoms with Crippen LogP contribution in [-0.4, -0.2) is 28.7 Å². The summed E-state index contributed by atoms with van der Waals surface area (Å²) in [7, 11) is 0. The van der Waals surface area contributed by atoms with Crippen LogP contribution in [0.25, 0.3) is 0 Å². The number of carbonyl (C=O) groups excluding carboxylic acids is 1. The Morgan fingerprint density at radius 3 is 2.31 bits per heavy atom. The number of nitrogens with two attached hydrogens (primary N) is 1. The molecule has 158 valence electrons. The van der Waals surface area contributed by atoms with E-state index in [1.165, 1.54) is 0 Å². The third kappa shape index (κ3) is 6.45. The van der Waals surface area contributed by atoms with Crippen molar-refractivity contribution in [3.8, 4) is 0 Å². The van der Waals surface area contributed by atoms with Crippen molar-refractivity contribution >= 4 is 17.5 Å². The Morgan fingerprint density at radius 1 is 1.07 bits per heavy atom. The van der Waals surface area contributed by atoms with Crippen molar-refractivity contribution in [2.45, 2.75) is 51.3 Å². The summed E-state index contributed by atoms with van der Waals surface area (Å²) < 4.78 is 40.3. The Labute approximate surface area is 172 Å². The second-order valence-corrected chi connectivity index (χ2v) is 8.44. The van der Waals surface area contributed by atoms with Crippen LogP contribution in [0.1, 0.15) is 42.3 Å². The molecule has 0 aromatic heterocycles. The van der Waals surface area contributed by atoms with Crippen molar-refractivity contribution < 1.29 is 23.1 Å². The van der Waals surface area contributed by atoms with Crippen LogP contribution >= 0.6 is 11.6 Å². The highest BCUT2D eigenvalue weighted by atomic mass is 35.5. The van der Waals surface area contributed by atoms with Gasteiger partial charge in [-0.1, -0.05) is 11.6 Å². The molecule has 2 rings (SSSR count). The number of aliphatic hydroxyl groups is 1. The molecule has 2 atom stereocenters. The Kier molecular flexibility index (Phi) is 7.32. The van der Waals surface area contributed by atoms with Gasteiger partial charge in [-0.25, -0.2) is 13.2 Å². The Morgan fingerprint density at radius 2 is 1.69 bits per heavy atom. The fourth-order valence-electron chi connectivity index (χ4n) is 2.85. The predicted molar refractivity (Wildman–Crippen MR) is 106 cm³/mol. The average molecular weight is 429 g/mol. The number of aliphatic hydroxyl groups excluding tert-OH is 1. The lowest BCUT2D eigenvalue weighted by Crippen LogP contribution is -2.42. The van der Waals surface area contributed by atoms with E-state index < -0.39 is 35.1 Å². The van der Waals surface area contributed by atoms with Gasteiger partial charge < -0.3 is 16.2 Å². The first-order valence-corrected chi connectivity index (χ1v) is 9.43. The first kappa shape index (κ1) is 23.2. The van der Waals surface area contributed by atoms with E-state index in [1.807, 2.05) is 20.8 Å². The normalized spacial score (nSPS) is 13.8. The van der Waals surface area contributed by atoms with E-state index in [1.54, 1.807) is 18.2 Å². The molecule has 2 aromatic carbocycles. The molecule has 0 spiro atoms. The van der Waals surface area contributed by atoms with Crippen LogP contribution in [0.2, 0.25) is 5.02 Å². The molecule has 0 aliphatic rings. The SMILES string of the molecule is CC(C)(C)NC(=O)c1ccc(Cl)cc1C[C@H](O)[C@H](N)Cc1cc(F)c(F)cc1F. The molecule has 29 heavy (non-hydrogen) atoms. The molecule has 0 fully saturated rings. The largest absolute Gasteiger partial charge is 0.391 e. The molecule has 0 aliphatic heterocycles. The van der Waals surface area contributed by atoms with Crippen molar-refractivity contribution in [3.63, 3.8) is 0 Å². The Bertz CT molecular complexity index is 900. The molecule has 0 unspecified atom stereocenters. The minimum atomic E-state index is -1.30. The maximum Gasteiger partial charge on any atom is 0.251 e. The molecule has 0 bridgehead atoms. The van der Waals surface area contributed by atoms with E-state index in [0.29, 0.717) is 22.2 Å². The minimum absolute atomic E-state index is 0.0279. The van der Waals surface area contributed by atoms with Crippen LogP contribution < -0.4 is 11.1 Å². The highest BCUT2D eigenvalue weighted by Gasteiger charge is 2.23.